The van der Waals surface area contributed by atoms with Crippen LogP contribution in [0.3, 0.4) is 0 Å². The molecule has 1 aromatic heterocycles. The zero-order valence-electron chi connectivity index (χ0n) is 12.2. The van der Waals surface area contributed by atoms with Crippen molar-refractivity contribution in [3.8, 4) is 0 Å². The summed E-state index contributed by atoms with van der Waals surface area (Å²) in [7, 11) is -1.57. The third-order valence-corrected chi connectivity index (χ3v) is 7.15. The van der Waals surface area contributed by atoms with Gasteiger partial charge in [0.2, 0.25) is 10.0 Å². The molecule has 21 heavy (non-hydrogen) atoms. The van der Waals surface area contributed by atoms with E-state index in [-0.39, 0.29) is 18.7 Å². The van der Waals surface area contributed by atoms with Crippen LogP contribution < -0.4 is 4.72 Å². The quantitative estimate of drug-likeness (QED) is 0.920. The molecule has 118 valence electrons. The first kappa shape index (κ1) is 15.4. The monoisotopic (exact) mass is 330 g/mol. The molecule has 0 spiro atoms. The Bertz CT molecular complexity index is 553. The molecule has 2 heterocycles. The molecule has 1 saturated heterocycles. The van der Waals surface area contributed by atoms with Crippen LogP contribution in [0.25, 0.3) is 0 Å². The van der Waals surface area contributed by atoms with E-state index in [0.717, 1.165) is 30.6 Å². The van der Waals surface area contributed by atoms with Crippen LogP contribution in [-0.4, -0.2) is 38.4 Å². The summed E-state index contributed by atoms with van der Waals surface area (Å²) in [6, 6.07) is 3.80. The molecule has 2 atom stereocenters. The van der Waals surface area contributed by atoms with Crippen LogP contribution >= 0.6 is 11.3 Å². The molecule has 0 radical (unpaired) electrons. The highest BCUT2D eigenvalue weighted by atomic mass is 32.2. The molecule has 7 heteroatoms. The second-order valence-corrected chi connectivity index (χ2v) is 8.75. The van der Waals surface area contributed by atoms with E-state index in [1.165, 1.54) is 6.42 Å². The normalized spacial score (nSPS) is 29.0. The highest BCUT2D eigenvalue weighted by Crippen LogP contribution is 2.36. The van der Waals surface area contributed by atoms with Gasteiger partial charge in [-0.05, 0) is 24.3 Å². The molecule has 1 aromatic rings. The summed E-state index contributed by atoms with van der Waals surface area (Å²) in [5.74, 6) is 0. The molecule has 1 saturated carbocycles. The van der Waals surface area contributed by atoms with Gasteiger partial charge in [-0.2, -0.15) is 5.06 Å². The molecular formula is C14H22N2O3S2. The van der Waals surface area contributed by atoms with Crippen molar-refractivity contribution in [2.75, 3.05) is 13.7 Å². The predicted molar refractivity (Wildman–Crippen MR) is 83.5 cm³/mol. The van der Waals surface area contributed by atoms with Gasteiger partial charge in [0.15, 0.2) is 0 Å². The minimum Gasteiger partial charge on any atom is -0.297 e. The van der Waals surface area contributed by atoms with Crippen molar-refractivity contribution in [2.45, 2.75) is 49.4 Å². The molecule has 2 unspecified atom stereocenters. The lowest BCUT2D eigenvalue weighted by Crippen LogP contribution is -2.44. The number of rotatable bonds is 4. The molecule has 1 N–H and O–H groups in total. The second kappa shape index (κ2) is 6.34. The van der Waals surface area contributed by atoms with Crippen molar-refractivity contribution in [3.05, 3.63) is 22.4 Å². The lowest BCUT2D eigenvalue weighted by atomic mass is 9.96. The van der Waals surface area contributed by atoms with Crippen molar-refractivity contribution in [3.63, 3.8) is 0 Å². The van der Waals surface area contributed by atoms with Gasteiger partial charge < -0.3 is 0 Å². The molecule has 5 nitrogen and oxygen atoms in total. The number of nitrogens with one attached hydrogen (secondary N) is 1. The van der Waals surface area contributed by atoms with Crippen LogP contribution in [0.1, 0.15) is 43.0 Å². The average molecular weight is 330 g/mol. The fraction of sp³-hybridized carbons (Fsp3) is 0.714. The highest BCUT2D eigenvalue weighted by molar-refractivity contribution is 7.90. The van der Waals surface area contributed by atoms with Gasteiger partial charge in [-0.15, -0.1) is 11.3 Å². The number of thiophene rings is 1. The van der Waals surface area contributed by atoms with Crippen LogP contribution in [0, 0.1) is 0 Å². The third-order valence-electron chi connectivity index (χ3n) is 4.36. The standard InChI is InChI=1S/C14H22N2O3S2/c1-16-14(12-8-5-9-20-12)13(10-19-16)21(17,18)15-11-6-3-2-4-7-11/h5,8-9,11,13-15H,2-4,6-7,10H2,1H3. The summed E-state index contributed by atoms with van der Waals surface area (Å²) in [6.45, 7) is 0.223. The lowest BCUT2D eigenvalue weighted by Gasteiger charge is -2.26. The molecule has 2 aliphatic rings. The summed E-state index contributed by atoms with van der Waals surface area (Å²) >= 11 is 1.58. The lowest BCUT2D eigenvalue weighted by molar-refractivity contribution is -0.110. The summed E-state index contributed by atoms with van der Waals surface area (Å²) in [5.41, 5.74) is 0. The van der Waals surface area contributed by atoms with E-state index in [9.17, 15) is 8.42 Å². The Morgan fingerprint density at radius 2 is 2.10 bits per heavy atom. The Labute approximate surface area is 130 Å². The van der Waals surface area contributed by atoms with Crippen molar-refractivity contribution >= 4 is 21.4 Å². The van der Waals surface area contributed by atoms with E-state index < -0.39 is 15.3 Å². The van der Waals surface area contributed by atoms with Crippen molar-refractivity contribution in [2.24, 2.45) is 0 Å². The Morgan fingerprint density at radius 3 is 2.76 bits per heavy atom. The number of hydrogen-bond acceptors (Lipinski definition) is 5. The molecule has 1 aliphatic carbocycles. The van der Waals surface area contributed by atoms with Gasteiger partial charge in [0.1, 0.15) is 5.25 Å². The van der Waals surface area contributed by atoms with E-state index in [1.54, 1.807) is 23.4 Å². The van der Waals surface area contributed by atoms with Gasteiger partial charge in [0.05, 0.1) is 12.6 Å². The molecule has 0 bridgehead atoms. The van der Waals surface area contributed by atoms with Gasteiger partial charge in [-0.25, -0.2) is 13.1 Å². The smallest absolute Gasteiger partial charge is 0.219 e. The minimum absolute atomic E-state index is 0.0960. The first-order valence-electron chi connectivity index (χ1n) is 7.48. The molecule has 3 rings (SSSR count). The SMILES string of the molecule is CN1OCC(S(=O)(=O)NC2CCCCC2)C1c1cccs1. The van der Waals surface area contributed by atoms with E-state index in [2.05, 4.69) is 4.72 Å². The fourth-order valence-electron chi connectivity index (χ4n) is 3.22. The van der Waals surface area contributed by atoms with Crippen LogP contribution in [0.4, 0.5) is 0 Å². The second-order valence-electron chi connectivity index (χ2n) is 5.84. The molecule has 0 aromatic carbocycles. The zero-order chi connectivity index (χ0) is 14.9. The van der Waals surface area contributed by atoms with Crippen molar-refractivity contribution < 1.29 is 13.3 Å². The van der Waals surface area contributed by atoms with Crippen LogP contribution in [-0.2, 0) is 14.9 Å². The van der Waals surface area contributed by atoms with Gasteiger partial charge in [-0.3, -0.25) is 4.84 Å². The summed E-state index contributed by atoms with van der Waals surface area (Å²) in [4.78, 5) is 6.53. The van der Waals surface area contributed by atoms with Gasteiger partial charge in [0, 0.05) is 18.0 Å². The summed E-state index contributed by atoms with van der Waals surface area (Å²) < 4.78 is 28.4. The maximum Gasteiger partial charge on any atom is 0.219 e. The maximum absolute atomic E-state index is 12.7. The van der Waals surface area contributed by atoms with Gasteiger partial charge in [0.25, 0.3) is 0 Å². The number of hydroxylamine groups is 2. The first-order chi connectivity index (χ1) is 10.1. The van der Waals surface area contributed by atoms with Crippen molar-refractivity contribution in [1.29, 1.82) is 0 Å². The van der Waals surface area contributed by atoms with Gasteiger partial charge >= 0.3 is 0 Å². The maximum atomic E-state index is 12.7. The number of hydrogen-bond donors (Lipinski definition) is 1. The number of nitrogens with zero attached hydrogens (tertiary/aromatic N) is 1. The Kier molecular flexibility index (Phi) is 4.66. The summed E-state index contributed by atoms with van der Waals surface area (Å²) in [6.07, 6.45) is 5.34. The van der Waals surface area contributed by atoms with E-state index in [1.807, 2.05) is 17.5 Å². The third kappa shape index (κ3) is 3.32. The Balaban J connectivity index is 1.77. The van der Waals surface area contributed by atoms with Crippen LogP contribution in [0.15, 0.2) is 17.5 Å². The predicted octanol–water partition coefficient (Wildman–Crippen LogP) is 2.29. The first-order valence-corrected chi connectivity index (χ1v) is 9.91. The minimum atomic E-state index is -3.38. The Hall–Kier alpha value is -0.470. The zero-order valence-corrected chi connectivity index (χ0v) is 13.8. The topological polar surface area (TPSA) is 58.6 Å². The van der Waals surface area contributed by atoms with E-state index in [4.69, 9.17) is 4.84 Å². The fourth-order valence-corrected chi connectivity index (χ4v) is 6.00. The molecule has 1 aliphatic heterocycles. The van der Waals surface area contributed by atoms with Crippen LogP contribution in [0.2, 0.25) is 0 Å². The Morgan fingerprint density at radius 1 is 1.33 bits per heavy atom. The van der Waals surface area contributed by atoms with Gasteiger partial charge in [-0.1, -0.05) is 25.3 Å². The molecule has 2 fully saturated rings. The largest absolute Gasteiger partial charge is 0.297 e. The van der Waals surface area contributed by atoms with E-state index >= 15 is 0 Å². The highest BCUT2D eigenvalue weighted by Gasteiger charge is 2.44. The molecule has 0 amide bonds. The van der Waals surface area contributed by atoms with Crippen LogP contribution in [0.5, 0.6) is 0 Å². The van der Waals surface area contributed by atoms with Crippen molar-refractivity contribution in [1.82, 2.24) is 9.79 Å². The van der Waals surface area contributed by atoms with E-state index in [0.29, 0.717) is 0 Å². The number of sulfonamides is 1. The molecular weight excluding hydrogens is 308 g/mol. The summed E-state index contributed by atoms with van der Waals surface area (Å²) in [5, 5.41) is 3.11. The average Bonchev–Trinajstić information content (AvgIpc) is 3.08.